The molecule has 6 rings (SSSR count). The maximum atomic E-state index is 14.1. The van der Waals surface area contributed by atoms with Crippen LogP contribution in [0.1, 0.15) is 41.5 Å². The van der Waals surface area contributed by atoms with E-state index in [1.807, 2.05) is 24.3 Å². The first-order valence-corrected chi connectivity index (χ1v) is 17.3. The molecule has 3 heterocycles. The Kier molecular flexibility index (Phi) is 8.18. The number of nitrogens with one attached hydrogen (secondary N) is 2. The minimum atomic E-state index is -3.47. The van der Waals surface area contributed by atoms with Crippen LogP contribution in [0.3, 0.4) is 0 Å². The first-order valence-electron chi connectivity index (χ1n) is 13.6. The van der Waals surface area contributed by atoms with Crippen LogP contribution in [0, 0.1) is 3.57 Å². The lowest BCUT2D eigenvalue weighted by Crippen LogP contribution is -2.55. The average Bonchev–Trinajstić information content (AvgIpc) is 3.21. The van der Waals surface area contributed by atoms with E-state index in [2.05, 4.69) is 33.2 Å². The van der Waals surface area contributed by atoms with Gasteiger partial charge in [-0.25, -0.2) is 8.42 Å². The van der Waals surface area contributed by atoms with Crippen LogP contribution >= 0.6 is 45.8 Å². The highest BCUT2D eigenvalue weighted by molar-refractivity contribution is 14.1. The van der Waals surface area contributed by atoms with Crippen LogP contribution in [-0.4, -0.2) is 61.2 Å². The number of β-amino-alcohol motifs (C(OH)–C–C–N with tert-alkyl or cyclic N) is 1. The molecule has 0 aliphatic carbocycles. The minimum absolute atomic E-state index is 0.0921. The zero-order valence-electron chi connectivity index (χ0n) is 22.9. The molecule has 0 bridgehead atoms. The quantitative estimate of drug-likeness (QED) is 0.327. The standard InChI is InChI=1S/C30H28Cl2IN3O6S/c1-43(40,41)36-10-9-26(24(37)15-36)42-25-8-6-19(33)13-20(25)27-30(22-7-5-18(32)12-23(22)34-29(30)39)14-21(28(38)35-27)16-3-2-4-17(31)11-16/h2-8,11-13,21,24,26-27,37H,9-10,14-15H2,1H3,(H,34,39)(H,35,38)/t21-,24-,26-,27-,30-/m1/s1. The molecule has 3 N–H and O–H groups in total. The van der Waals surface area contributed by atoms with E-state index in [1.165, 1.54) is 4.31 Å². The van der Waals surface area contributed by atoms with Gasteiger partial charge in [0.2, 0.25) is 21.8 Å². The third-order valence-electron chi connectivity index (χ3n) is 8.50. The number of hydrogen-bond acceptors (Lipinski definition) is 6. The number of nitrogens with zero attached hydrogens (tertiary/aromatic N) is 1. The zero-order valence-corrected chi connectivity index (χ0v) is 27.4. The fraction of sp³-hybridized carbons (Fsp3) is 0.333. The number of anilines is 1. The van der Waals surface area contributed by atoms with Gasteiger partial charge in [0.25, 0.3) is 0 Å². The molecule has 0 aromatic heterocycles. The normalized spacial score (nSPS) is 27.5. The molecule has 3 aromatic carbocycles. The van der Waals surface area contributed by atoms with Gasteiger partial charge >= 0.3 is 0 Å². The third kappa shape index (κ3) is 5.64. The topological polar surface area (TPSA) is 125 Å². The average molecular weight is 756 g/mol. The molecule has 9 nitrogen and oxygen atoms in total. The number of piperidine rings is 2. The van der Waals surface area contributed by atoms with Gasteiger partial charge in [0, 0.05) is 44.4 Å². The number of fused-ring (bicyclic) bond motifs is 2. The van der Waals surface area contributed by atoms with Crippen LogP contribution in [0.2, 0.25) is 10.0 Å². The zero-order chi connectivity index (χ0) is 30.7. The molecule has 43 heavy (non-hydrogen) atoms. The van der Waals surface area contributed by atoms with Gasteiger partial charge in [-0.1, -0.05) is 41.4 Å². The Hall–Kier alpha value is -2.42. The molecule has 2 amide bonds. The summed E-state index contributed by atoms with van der Waals surface area (Å²) in [5.41, 5.74) is 1.30. The van der Waals surface area contributed by atoms with Gasteiger partial charge in [-0.3, -0.25) is 9.59 Å². The summed E-state index contributed by atoms with van der Waals surface area (Å²) in [6.07, 6.45) is -0.243. The van der Waals surface area contributed by atoms with Crippen LogP contribution in [-0.2, 0) is 25.0 Å². The van der Waals surface area contributed by atoms with Crippen LogP contribution in [0.25, 0.3) is 0 Å². The molecule has 0 radical (unpaired) electrons. The number of carbonyl (C=O) groups excluding carboxylic acids is 2. The van der Waals surface area contributed by atoms with Crippen LogP contribution in [0.15, 0.2) is 60.7 Å². The number of aliphatic hydroxyl groups is 1. The number of ether oxygens (including phenoxy) is 1. The summed E-state index contributed by atoms with van der Waals surface area (Å²) in [4.78, 5) is 28.0. The van der Waals surface area contributed by atoms with Crippen molar-refractivity contribution in [1.82, 2.24) is 9.62 Å². The summed E-state index contributed by atoms with van der Waals surface area (Å²) in [7, 11) is -3.47. The second-order valence-electron chi connectivity index (χ2n) is 11.2. The number of rotatable bonds is 5. The molecular weight excluding hydrogens is 728 g/mol. The molecule has 13 heteroatoms. The number of benzene rings is 3. The predicted molar refractivity (Wildman–Crippen MR) is 172 cm³/mol. The van der Waals surface area contributed by atoms with Gasteiger partial charge < -0.3 is 20.5 Å². The Balaban J connectivity index is 1.44. The molecule has 0 unspecified atom stereocenters. The Morgan fingerprint density at radius 3 is 2.56 bits per heavy atom. The summed E-state index contributed by atoms with van der Waals surface area (Å²) in [5.74, 6) is -0.831. The van der Waals surface area contributed by atoms with Crippen LogP contribution in [0.5, 0.6) is 5.75 Å². The van der Waals surface area contributed by atoms with Crippen LogP contribution in [0.4, 0.5) is 5.69 Å². The van der Waals surface area contributed by atoms with E-state index in [0.717, 1.165) is 9.83 Å². The number of halogens is 3. The van der Waals surface area contributed by atoms with Crippen molar-refractivity contribution in [3.8, 4) is 5.75 Å². The Morgan fingerprint density at radius 1 is 1.07 bits per heavy atom. The summed E-state index contributed by atoms with van der Waals surface area (Å²) in [5, 5.41) is 18.0. The highest BCUT2D eigenvalue weighted by Gasteiger charge is 2.59. The van der Waals surface area contributed by atoms with Gasteiger partial charge in [0.15, 0.2) is 0 Å². The molecule has 2 saturated heterocycles. The van der Waals surface area contributed by atoms with Gasteiger partial charge in [0.1, 0.15) is 23.4 Å². The summed E-state index contributed by atoms with van der Waals surface area (Å²) in [6.45, 7) is 0.105. The largest absolute Gasteiger partial charge is 0.487 e. The van der Waals surface area contributed by atoms with Crippen molar-refractivity contribution in [3.05, 3.63) is 91.0 Å². The Labute approximate surface area is 273 Å². The predicted octanol–water partition coefficient (Wildman–Crippen LogP) is 4.61. The molecular formula is C30H28Cl2IN3O6S. The van der Waals surface area contributed by atoms with Gasteiger partial charge in [-0.2, -0.15) is 4.31 Å². The van der Waals surface area contributed by atoms with Gasteiger partial charge in [0.05, 0.1) is 18.2 Å². The molecule has 3 aromatic rings. The molecule has 3 aliphatic heterocycles. The van der Waals surface area contributed by atoms with E-state index < -0.39 is 39.6 Å². The number of hydrogen-bond donors (Lipinski definition) is 3. The van der Waals surface area contributed by atoms with Gasteiger partial charge in [-0.15, -0.1) is 0 Å². The van der Waals surface area contributed by atoms with Crippen molar-refractivity contribution in [2.75, 3.05) is 24.7 Å². The van der Waals surface area contributed by atoms with E-state index in [-0.39, 0.29) is 37.7 Å². The van der Waals surface area contributed by atoms with E-state index in [0.29, 0.717) is 38.2 Å². The van der Waals surface area contributed by atoms with Gasteiger partial charge in [-0.05, 0) is 82.6 Å². The van der Waals surface area contributed by atoms with Crippen molar-refractivity contribution in [2.45, 2.75) is 42.4 Å². The van der Waals surface area contributed by atoms with Crippen molar-refractivity contribution < 1.29 is 27.9 Å². The van der Waals surface area contributed by atoms with E-state index >= 15 is 0 Å². The number of amides is 2. The first kappa shape index (κ1) is 30.6. The molecule has 2 fully saturated rings. The van der Waals surface area contributed by atoms with Crippen molar-refractivity contribution in [2.24, 2.45) is 0 Å². The number of aliphatic hydroxyl groups excluding tert-OH is 1. The van der Waals surface area contributed by atoms with E-state index in [9.17, 15) is 23.1 Å². The molecule has 0 saturated carbocycles. The monoisotopic (exact) mass is 755 g/mol. The summed E-state index contributed by atoms with van der Waals surface area (Å²) in [6, 6.07) is 16.9. The lowest BCUT2D eigenvalue weighted by molar-refractivity contribution is -0.131. The molecule has 1 spiro atoms. The maximum absolute atomic E-state index is 14.1. The van der Waals surface area contributed by atoms with E-state index in [1.54, 1.807) is 36.4 Å². The Morgan fingerprint density at radius 2 is 1.84 bits per heavy atom. The maximum Gasteiger partial charge on any atom is 0.237 e. The lowest BCUT2D eigenvalue weighted by Gasteiger charge is -2.44. The minimum Gasteiger partial charge on any atom is -0.487 e. The highest BCUT2D eigenvalue weighted by Crippen LogP contribution is 2.55. The summed E-state index contributed by atoms with van der Waals surface area (Å²) >= 11 is 14.8. The first-order chi connectivity index (χ1) is 20.4. The SMILES string of the molecule is CS(=O)(=O)N1CC[C@@H](Oc2ccc(I)cc2[C@H]2NC(=O)[C@@H](c3cccc(Cl)c3)C[C@]23C(=O)Nc2cc(Cl)ccc23)[C@H](O)C1. The third-order valence-corrected chi connectivity index (χ3v) is 10.9. The fourth-order valence-corrected chi connectivity index (χ4v) is 8.17. The van der Waals surface area contributed by atoms with Crippen molar-refractivity contribution in [3.63, 3.8) is 0 Å². The lowest BCUT2D eigenvalue weighted by atomic mass is 9.63. The number of carbonyl (C=O) groups is 2. The fourth-order valence-electron chi connectivity index (χ4n) is 6.42. The molecule has 3 aliphatic rings. The molecule has 226 valence electrons. The van der Waals surface area contributed by atoms with Crippen molar-refractivity contribution in [1.29, 1.82) is 0 Å². The van der Waals surface area contributed by atoms with Crippen molar-refractivity contribution >= 4 is 73.3 Å². The smallest absolute Gasteiger partial charge is 0.237 e. The van der Waals surface area contributed by atoms with Crippen LogP contribution < -0.4 is 15.4 Å². The molecule has 5 atom stereocenters. The number of sulfonamides is 1. The highest BCUT2D eigenvalue weighted by atomic mass is 127. The second kappa shape index (κ2) is 11.5. The second-order valence-corrected chi connectivity index (χ2v) is 15.3. The summed E-state index contributed by atoms with van der Waals surface area (Å²) < 4.78 is 32.6. The van der Waals surface area contributed by atoms with E-state index in [4.69, 9.17) is 27.9 Å². The Bertz CT molecular complexity index is 1740.